The average Bonchev–Trinajstić information content (AvgIpc) is 3.65. The molecule has 1 aliphatic carbocycles. The van der Waals surface area contributed by atoms with Crippen LogP contribution in [0.2, 0.25) is 0 Å². The highest BCUT2D eigenvalue weighted by Crippen LogP contribution is 2.36. The second kappa shape index (κ2) is 12.5. The summed E-state index contributed by atoms with van der Waals surface area (Å²) in [5.74, 6) is 0.674. The van der Waals surface area contributed by atoms with Gasteiger partial charge in [-0.3, -0.25) is 0 Å². The van der Waals surface area contributed by atoms with Crippen LogP contribution in [0.15, 0.2) is 36.4 Å². The summed E-state index contributed by atoms with van der Waals surface area (Å²) in [5, 5.41) is 21.4. The summed E-state index contributed by atoms with van der Waals surface area (Å²) in [6, 6.07) is 12.0. The summed E-state index contributed by atoms with van der Waals surface area (Å²) in [7, 11) is 0. The van der Waals surface area contributed by atoms with Gasteiger partial charge in [0.05, 0.1) is 0 Å². The fraction of sp³-hybridized carbons (Fsp3) is 0.548. The summed E-state index contributed by atoms with van der Waals surface area (Å²) in [4.78, 5) is 6.25. The maximum absolute atomic E-state index is 10.6. The lowest BCUT2D eigenvalue weighted by atomic mass is 9.97. The molecule has 0 unspecified atom stereocenters. The molecule has 190 valence electrons. The van der Waals surface area contributed by atoms with Crippen LogP contribution in [0.1, 0.15) is 88.7 Å². The molecule has 0 saturated heterocycles. The van der Waals surface area contributed by atoms with Gasteiger partial charge in [0.25, 0.3) is 0 Å². The third kappa shape index (κ3) is 6.82. The molecule has 1 heterocycles. The number of aromatic hydroxyl groups is 2. The molecule has 1 fully saturated rings. The Morgan fingerprint density at radius 1 is 0.829 bits per heavy atom. The Hall–Kier alpha value is -2.46. The van der Waals surface area contributed by atoms with Gasteiger partial charge >= 0.3 is 0 Å². The smallest absolute Gasteiger partial charge is 0.119 e. The number of phenols is 2. The molecule has 0 amide bonds. The zero-order valence-electron chi connectivity index (χ0n) is 21.8. The summed E-state index contributed by atoms with van der Waals surface area (Å²) in [6.07, 6.45) is 15.4. The number of aromatic nitrogens is 1. The van der Waals surface area contributed by atoms with E-state index in [2.05, 4.69) is 23.7 Å². The minimum Gasteiger partial charge on any atom is -0.508 e. The number of benzene rings is 2. The van der Waals surface area contributed by atoms with E-state index < -0.39 is 0 Å². The lowest BCUT2D eigenvalue weighted by Crippen LogP contribution is -2.27. The minimum atomic E-state index is 0.271. The highest BCUT2D eigenvalue weighted by atomic mass is 16.3. The highest BCUT2D eigenvalue weighted by Gasteiger charge is 2.27. The average molecular weight is 477 g/mol. The van der Waals surface area contributed by atoms with E-state index in [1.165, 1.54) is 77.3 Å². The molecule has 0 bridgehead atoms. The minimum absolute atomic E-state index is 0.271. The van der Waals surface area contributed by atoms with Crippen molar-refractivity contribution in [3.63, 3.8) is 0 Å². The van der Waals surface area contributed by atoms with E-state index in [1.54, 1.807) is 12.1 Å². The summed E-state index contributed by atoms with van der Waals surface area (Å²) in [5.41, 5.74) is 5.40. The van der Waals surface area contributed by atoms with E-state index in [9.17, 15) is 10.2 Å². The molecule has 4 nitrogen and oxygen atoms in total. The van der Waals surface area contributed by atoms with E-state index >= 15 is 0 Å². The van der Waals surface area contributed by atoms with Crippen molar-refractivity contribution in [2.24, 2.45) is 0 Å². The molecule has 0 aliphatic heterocycles. The van der Waals surface area contributed by atoms with Gasteiger partial charge in [-0.25, -0.2) is 0 Å². The fourth-order valence-corrected chi connectivity index (χ4v) is 5.57. The molecule has 1 aromatic heterocycles. The van der Waals surface area contributed by atoms with Gasteiger partial charge in [-0.15, -0.1) is 0 Å². The molecule has 0 atom stereocenters. The van der Waals surface area contributed by atoms with Gasteiger partial charge in [-0.2, -0.15) is 0 Å². The Morgan fingerprint density at radius 2 is 1.49 bits per heavy atom. The van der Waals surface area contributed by atoms with Crippen LogP contribution >= 0.6 is 0 Å². The van der Waals surface area contributed by atoms with Crippen molar-refractivity contribution in [1.29, 1.82) is 0 Å². The van der Waals surface area contributed by atoms with Gasteiger partial charge < -0.3 is 20.1 Å². The highest BCUT2D eigenvalue weighted by molar-refractivity contribution is 5.94. The van der Waals surface area contributed by atoms with Gasteiger partial charge in [-0.05, 0) is 106 Å². The second-order valence-electron chi connectivity index (χ2n) is 10.5. The zero-order valence-corrected chi connectivity index (χ0v) is 21.8. The van der Waals surface area contributed by atoms with Crippen molar-refractivity contribution in [3.8, 4) is 22.8 Å². The number of nitrogens with one attached hydrogen (secondary N) is 1. The van der Waals surface area contributed by atoms with Gasteiger partial charge in [0, 0.05) is 28.2 Å². The number of H-pyrrole nitrogens is 1. The van der Waals surface area contributed by atoms with Crippen LogP contribution in [0.3, 0.4) is 0 Å². The predicted molar refractivity (Wildman–Crippen MR) is 147 cm³/mol. The molecule has 3 aromatic rings. The monoisotopic (exact) mass is 476 g/mol. The molecule has 35 heavy (non-hydrogen) atoms. The summed E-state index contributed by atoms with van der Waals surface area (Å²) in [6.45, 7) is 7.01. The van der Waals surface area contributed by atoms with Crippen molar-refractivity contribution in [2.75, 3.05) is 13.1 Å². The zero-order chi connectivity index (χ0) is 24.6. The third-order valence-electron chi connectivity index (χ3n) is 7.65. The number of nitrogens with zero attached hydrogens (tertiary/aromatic N) is 1. The molecular weight excluding hydrogens is 432 g/mol. The van der Waals surface area contributed by atoms with Crippen LogP contribution in [0.5, 0.6) is 11.5 Å². The van der Waals surface area contributed by atoms with Crippen molar-refractivity contribution in [3.05, 3.63) is 47.5 Å². The van der Waals surface area contributed by atoms with Crippen LogP contribution in [0, 0.1) is 6.92 Å². The number of aryl methyl sites for hydroxylation is 2. The summed E-state index contributed by atoms with van der Waals surface area (Å²) >= 11 is 0. The second-order valence-corrected chi connectivity index (χ2v) is 10.5. The van der Waals surface area contributed by atoms with E-state index in [0.29, 0.717) is 5.75 Å². The standard InChI is InChI=1S/C31H44N2O2/c1-3-21-33(25-15-16-25)22-11-9-7-5-4-6-8-10-12-27-29(35)20-19-28-30(27)23(2)31(32-28)24-13-17-26(34)18-14-24/h13-14,17-20,25,32,34-35H,3-12,15-16,21-22H2,1-2H3. The van der Waals surface area contributed by atoms with Crippen molar-refractivity contribution < 1.29 is 10.2 Å². The molecule has 0 radical (unpaired) electrons. The Morgan fingerprint density at radius 3 is 2.14 bits per heavy atom. The molecular formula is C31H44N2O2. The number of rotatable bonds is 15. The van der Waals surface area contributed by atoms with Gasteiger partial charge in [0.15, 0.2) is 0 Å². The molecule has 4 heteroatoms. The molecule has 2 aromatic carbocycles. The number of unbranched alkanes of at least 4 members (excludes halogenated alkanes) is 7. The van der Waals surface area contributed by atoms with Gasteiger partial charge in [-0.1, -0.05) is 45.4 Å². The number of hydrogen-bond donors (Lipinski definition) is 3. The molecule has 0 spiro atoms. The Balaban J connectivity index is 1.20. The van der Waals surface area contributed by atoms with Crippen LogP contribution in [-0.4, -0.2) is 39.2 Å². The number of phenolic OH excluding ortho intramolecular Hbond substituents is 2. The first kappa shape index (κ1) is 25.6. The number of hydrogen-bond acceptors (Lipinski definition) is 3. The third-order valence-corrected chi connectivity index (χ3v) is 7.65. The van der Waals surface area contributed by atoms with Crippen LogP contribution in [0.4, 0.5) is 0 Å². The molecule has 1 aliphatic rings. The number of fused-ring (bicyclic) bond motifs is 1. The molecule has 3 N–H and O–H groups in total. The fourth-order valence-electron chi connectivity index (χ4n) is 5.57. The Kier molecular flexibility index (Phi) is 9.14. The van der Waals surface area contributed by atoms with Crippen molar-refractivity contribution in [2.45, 2.75) is 96.9 Å². The molecule has 1 saturated carbocycles. The molecule has 4 rings (SSSR count). The maximum atomic E-state index is 10.6. The predicted octanol–water partition coefficient (Wildman–Crippen LogP) is 8.09. The first-order valence-electron chi connectivity index (χ1n) is 13.9. The number of aromatic amines is 1. The SMILES string of the molecule is CCCN(CCCCCCCCCCc1c(O)ccc2[nH]c(-c3ccc(O)cc3)c(C)c12)C1CC1. The Bertz CT molecular complexity index is 1070. The van der Waals surface area contributed by atoms with Crippen molar-refractivity contribution in [1.82, 2.24) is 9.88 Å². The normalized spacial score (nSPS) is 13.8. The van der Waals surface area contributed by atoms with Crippen LogP contribution < -0.4 is 0 Å². The van der Waals surface area contributed by atoms with E-state index in [-0.39, 0.29) is 5.75 Å². The Labute approximate surface area is 211 Å². The largest absolute Gasteiger partial charge is 0.508 e. The van der Waals surface area contributed by atoms with Gasteiger partial charge in [0.2, 0.25) is 0 Å². The van der Waals surface area contributed by atoms with Crippen LogP contribution in [-0.2, 0) is 6.42 Å². The van der Waals surface area contributed by atoms with E-state index in [1.807, 2.05) is 24.3 Å². The van der Waals surface area contributed by atoms with Gasteiger partial charge in [0.1, 0.15) is 11.5 Å². The van der Waals surface area contributed by atoms with Crippen LogP contribution in [0.25, 0.3) is 22.2 Å². The lowest BCUT2D eigenvalue weighted by Gasteiger charge is -2.20. The van der Waals surface area contributed by atoms with E-state index in [4.69, 9.17) is 0 Å². The lowest BCUT2D eigenvalue weighted by molar-refractivity contribution is 0.257. The maximum Gasteiger partial charge on any atom is 0.119 e. The van der Waals surface area contributed by atoms with Crippen molar-refractivity contribution >= 4 is 10.9 Å². The topological polar surface area (TPSA) is 59.5 Å². The first-order chi connectivity index (χ1) is 17.1. The first-order valence-corrected chi connectivity index (χ1v) is 13.9. The summed E-state index contributed by atoms with van der Waals surface area (Å²) < 4.78 is 0. The quantitative estimate of drug-likeness (QED) is 0.194. The van der Waals surface area contributed by atoms with E-state index in [0.717, 1.165) is 52.2 Å².